The second kappa shape index (κ2) is 11.0. The first-order valence-electron chi connectivity index (χ1n) is 14.0. The fraction of sp³-hybridized carbons (Fsp3) is 0.303. The third kappa shape index (κ3) is 5.43. The van der Waals surface area contributed by atoms with Gasteiger partial charge in [-0.2, -0.15) is 0 Å². The summed E-state index contributed by atoms with van der Waals surface area (Å²) in [6, 6.07) is 27.6. The number of benzene rings is 3. The van der Waals surface area contributed by atoms with Crippen LogP contribution in [0.2, 0.25) is 0 Å². The van der Waals surface area contributed by atoms with Gasteiger partial charge in [0.15, 0.2) is 0 Å². The molecule has 1 N–H and O–H groups in total. The van der Waals surface area contributed by atoms with Crippen LogP contribution in [0.1, 0.15) is 32.4 Å². The first-order chi connectivity index (χ1) is 19.0. The number of para-hydroxylation sites is 3. The maximum Gasteiger partial charge on any atom is 0.0900 e. The van der Waals surface area contributed by atoms with Crippen molar-refractivity contribution in [2.75, 3.05) is 25.0 Å². The summed E-state index contributed by atoms with van der Waals surface area (Å²) < 4.78 is 2.31. The first kappa shape index (κ1) is 25.3. The van der Waals surface area contributed by atoms with Crippen molar-refractivity contribution < 1.29 is 0 Å². The quantitative estimate of drug-likeness (QED) is 0.258. The largest absolute Gasteiger partial charge is 0.352 e. The molecule has 0 bridgehead atoms. The number of piperidine rings is 1. The minimum atomic E-state index is 0.292. The van der Waals surface area contributed by atoms with Crippen LogP contribution in [0.5, 0.6) is 0 Å². The molecule has 1 saturated heterocycles. The summed E-state index contributed by atoms with van der Waals surface area (Å²) in [6.07, 6.45) is 3.98. The lowest BCUT2D eigenvalue weighted by atomic mass is 10.0. The van der Waals surface area contributed by atoms with E-state index in [9.17, 15) is 0 Å². The molecule has 2 aromatic carbocycles. The number of pyridine rings is 1. The molecular formula is C33H36N6. The SMILES string of the molecule is Cc1ncccc1Nc1cc2nc3ccccc3n(-c3ccccc3)c-2c/c1=N\C1CCN(CC(C)C)CC1. The number of hydrogen-bond acceptors (Lipinski definition) is 5. The predicted molar refractivity (Wildman–Crippen MR) is 160 cm³/mol. The van der Waals surface area contributed by atoms with Crippen LogP contribution in [0.3, 0.4) is 0 Å². The summed E-state index contributed by atoms with van der Waals surface area (Å²) in [7, 11) is 0. The highest BCUT2D eigenvalue weighted by atomic mass is 15.1. The van der Waals surface area contributed by atoms with Crippen LogP contribution in [0.4, 0.5) is 11.4 Å². The summed E-state index contributed by atoms with van der Waals surface area (Å²) >= 11 is 0. The Kier molecular flexibility index (Phi) is 7.12. The van der Waals surface area contributed by atoms with Gasteiger partial charge < -0.3 is 14.8 Å². The Balaban J connectivity index is 1.52. The number of anilines is 2. The van der Waals surface area contributed by atoms with E-state index in [1.54, 1.807) is 0 Å². The highest BCUT2D eigenvalue weighted by Crippen LogP contribution is 2.30. The summed E-state index contributed by atoms with van der Waals surface area (Å²) in [6.45, 7) is 9.97. The van der Waals surface area contributed by atoms with Crippen molar-refractivity contribution in [1.82, 2.24) is 19.4 Å². The lowest BCUT2D eigenvalue weighted by Gasteiger charge is -2.31. The van der Waals surface area contributed by atoms with Crippen molar-refractivity contribution in [3.63, 3.8) is 0 Å². The Morgan fingerprint density at radius 1 is 0.923 bits per heavy atom. The smallest absolute Gasteiger partial charge is 0.0900 e. The van der Waals surface area contributed by atoms with Crippen LogP contribution in [0.15, 0.2) is 90.1 Å². The molecule has 0 amide bonds. The van der Waals surface area contributed by atoms with E-state index in [4.69, 9.17) is 9.98 Å². The molecule has 0 atom stereocenters. The third-order valence-corrected chi connectivity index (χ3v) is 7.49. The van der Waals surface area contributed by atoms with E-state index in [0.717, 1.165) is 83.0 Å². The highest BCUT2D eigenvalue weighted by molar-refractivity contribution is 5.84. The van der Waals surface area contributed by atoms with Crippen molar-refractivity contribution in [3.05, 3.63) is 96.1 Å². The van der Waals surface area contributed by atoms with Gasteiger partial charge in [-0.25, -0.2) is 4.98 Å². The van der Waals surface area contributed by atoms with Crippen LogP contribution in [0, 0.1) is 12.8 Å². The van der Waals surface area contributed by atoms with Crippen LogP contribution in [-0.2, 0) is 0 Å². The zero-order valence-electron chi connectivity index (χ0n) is 23.0. The van der Waals surface area contributed by atoms with Crippen LogP contribution in [0.25, 0.3) is 28.1 Å². The maximum absolute atomic E-state index is 5.37. The van der Waals surface area contributed by atoms with Gasteiger partial charge in [0.25, 0.3) is 0 Å². The average molecular weight is 517 g/mol. The highest BCUT2D eigenvalue weighted by Gasteiger charge is 2.21. The summed E-state index contributed by atoms with van der Waals surface area (Å²) in [5, 5.41) is 4.62. The van der Waals surface area contributed by atoms with Crippen LogP contribution >= 0.6 is 0 Å². The molecule has 3 aliphatic rings. The third-order valence-electron chi connectivity index (χ3n) is 7.49. The molecular weight excluding hydrogens is 480 g/mol. The second-order valence-corrected chi connectivity index (χ2v) is 10.9. The molecule has 0 saturated carbocycles. The maximum atomic E-state index is 5.37. The van der Waals surface area contributed by atoms with E-state index in [1.165, 1.54) is 0 Å². The van der Waals surface area contributed by atoms with Gasteiger partial charge in [0.2, 0.25) is 0 Å². The van der Waals surface area contributed by atoms with Gasteiger partial charge in [0.1, 0.15) is 0 Å². The Labute approximate surface area is 230 Å². The second-order valence-electron chi connectivity index (χ2n) is 10.9. The van der Waals surface area contributed by atoms with Gasteiger partial charge in [-0.15, -0.1) is 0 Å². The monoisotopic (exact) mass is 516 g/mol. The summed E-state index contributed by atoms with van der Waals surface area (Å²) in [5.74, 6) is 0.688. The zero-order chi connectivity index (χ0) is 26.8. The van der Waals surface area contributed by atoms with Gasteiger partial charge in [-0.3, -0.25) is 9.98 Å². The molecule has 3 heterocycles. The molecule has 1 aliphatic carbocycles. The molecule has 6 nitrogen and oxygen atoms in total. The van der Waals surface area contributed by atoms with Gasteiger partial charge in [-0.05, 0) is 74.2 Å². The minimum absolute atomic E-state index is 0.292. The molecule has 6 heteroatoms. The van der Waals surface area contributed by atoms with Gasteiger partial charge in [-0.1, -0.05) is 44.2 Å². The number of nitrogens with one attached hydrogen (secondary N) is 1. The lowest BCUT2D eigenvalue weighted by molar-refractivity contribution is 0.192. The Morgan fingerprint density at radius 3 is 2.46 bits per heavy atom. The lowest BCUT2D eigenvalue weighted by Crippen LogP contribution is -2.38. The Bertz CT molecular complexity index is 1610. The molecule has 198 valence electrons. The van der Waals surface area contributed by atoms with E-state index in [0.29, 0.717) is 12.0 Å². The average Bonchev–Trinajstić information content (AvgIpc) is 2.94. The minimum Gasteiger partial charge on any atom is -0.352 e. The van der Waals surface area contributed by atoms with Crippen LogP contribution < -0.4 is 10.7 Å². The zero-order valence-corrected chi connectivity index (χ0v) is 23.0. The Hall–Kier alpha value is -4.03. The number of likely N-dealkylation sites (tertiary alicyclic amines) is 1. The molecule has 1 aromatic heterocycles. The predicted octanol–water partition coefficient (Wildman–Crippen LogP) is 6.60. The van der Waals surface area contributed by atoms with Gasteiger partial charge >= 0.3 is 0 Å². The fourth-order valence-electron chi connectivity index (χ4n) is 5.61. The normalized spacial score (nSPS) is 15.4. The molecule has 1 fully saturated rings. The first-order valence-corrected chi connectivity index (χ1v) is 14.0. The van der Waals surface area contributed by atoms with Crippen LogP contribution in [-0.4, -0.2) is 45.1 Å². The van der Waals surface area contributed by atoms with Crippen molar-refractivity contribution in [1.29, 1.82) is 0 Å². The van der Waals surface area contributed by atoms with E-state index < -0.39 is 0 Å². The van der Waals surface area contributed by atoms with Crippen molar-refractivity contribution >= 4 is 22.4 Å². The molecule has 0 radical (unpaired) electrons. The number of aromatic nitrogens is 3. The Morgan fingerprint density at radius 2 is 1.69 bits per heavy atom. The summed E-state index contributed by atoms with van der Waals surface area (Å²) in [4.78, 5) is 17.5. The molecule has 0 unspecified atom stereocenters. The van der Waals surface area contributed by atoms with E-state index in [-0.39, 0.29) is 0 Å². The summed E-state index contributed by atoms with van der Waals surface area (Å²) in [5.41, 5.74) is 8.01. The van der Waals surface area contributed by atoms with Gasteiger partial charge in [0, 0.05) is 31.5 Å². The number of hydrogen-bond donors (Lipinski definition) is 1. The standard InChI is InChI=1S/C33H36N6/c1-23(2)22-38-18-15-25(16-19-38)35-30-21-33-31(20-29(30)36-27-13-9-17-34-24(27)3)37-28-12-7-8-14-32(28)39(33)26-10-5-4-6-11-26/h4-14,17,20-21,23,25,36H,15-16,18-19,22H2,1-3H3/b35-30+. The number of fused-ring (bicyclic) bond motifs is 2. The molecule has 2 aliphatic heterocycles. The number of rotatable bonds is 6. The van der Waals surface area contributed by atoms with E-state index >= 15 is 0 Å². The van der Waals surface area contributed by atoms with Crippen molar-refractivity contribution in [3.8, 4) is 17.1 Å². The molecule has 0 spiro atoms. The van der Waals surface area contributed by atoms with E-state index in [2.05, 4.69) is 100 Å². The van der Waals surface area contributed by atoms with E-state index in [1.807, 2.05) is 25.3 Å². The van der Waals surface area contributed by atoms with Crippen molar-refractivity contribution in [2.24, 2.45) is 10.9 Å². The molecule has 6 rings (SSSR count). The molecule has 39 heavy (non-hydrogen) atoms. The fourth-order valence-corrected chi connectivity index (χ4v) is 5.61. The van der Waals surface area contributed by atoms with Crippen molar-refractivity contribution in [2.45, 2.75) is 39.7 Å². The molecule has 3 aromatic rings. The number of aryl methyl sites for hydroxylation is 1. The van der Waals surface area contributed by atoms with Gasteiger partial charge in [0.05, 0.1) is 50.9 Å². The number of nitrogens with zero attached hydrogens (tertiary/aromatic N) is 5. The topological polar surface area (TPSA) is 58.3 Å².